The van der Waals surface area contributed by atoms with Crippen molar-refractivity contribution in [2.45, 2.75) is 64.1 Å². The van der Waals surface area contributed by atoms with Crippen LogP contribution in [0.3, 0.4) is 0 Å². The predicted octanol–water partition coefficient (Wildman–Crippen LogP) is 4.15. The fourth-order valence-corrected chi connectivity index (χ4v) is 3.85. The van der Waals surface area contributed by atoms with E-state index in [1.807, 2.05) is 18.2 Å². The van der Waals surface area contributed by atoms with Gasteiger partial charge in [-0.25, -0.2) is 4.98 Å². The minimum Gasteiger partial charge on any atom is -0.489 e. The summed E-state index contributed by atoms with van der Waals surface area (Å²) >= 11 is 0. The molecule has 0 N–H and O–H groups in total. The van der Waals surface area contributed by atoms with Crippen molar-refractivity contribution in [3.8, 4) is 11.8 Å². The number of ketones is 1. The zero-order valence-corrected chi connectivity index (χ0v) is 17.2. The lowest BCUT2D eigenvalue weighted by Crippen LogP contribution is -2.27. The Morgan fingerprint density at radius 2 is 1.93 bits per heavy atom. The van der Waals surface area contributed by atoms with Crippen molar-refractivity contribution < 1.29 is 14.3 Å². The number of nitrogens with zero attached hydrogens (tertiary/aromatic N) is 3. The maximum absolute atomic E-state index is 11.3. The summed E-state index contributed by atoms with van der Waals surface area (Å²) in [5, 5.41) is 0. The molecule has 0 spiro atoms. The minimum absolute atomic E-state index is 0.126. The van der Waals surface area contributed by atoms with E-state index in [4.69, 9.17) is 9.47 Å². The molecule has 1 aromatic carbocycles. The second kappa shape index (κ2) is 8.80. The van der Waals surface area contributed by atoms with Crippen molar-refractivity contribution in [2.24, 2.45) is 0 Å². The number of hydrogen-bond acceptors (Lipinski definition) is 6. The van der Waals surface area contributed by atoms with Crippen LogP contribution >= 0.6 is 0 Å². The molecule has 2 heterocycles. The van der Waals surface area contributed by atoms with Gasteiger partial charge in [-0.2, -0.15) is 4.98 Å². The predicted molar refractivity (Wildman–Crippen MR) is 112 cm³/mol. The number of benzene rings is 1. The average Bonchev–Trinajstić information content (AvgIpc) is 3.13. The topological polar surface area (TPSA) is 64.5 Å². The zero-order valence-electron chi connectivity index (χ0n) is 17.2. The molecule has 0 bridgehead atoms. The third-order valence-electron chi connectivity index (χ3n) is 5.76. The van der Waals surface area contributed by atoms with E-state index < -0.39 is 0 Å². The highest BCUT2D eigenvalue weighted by atomic mass is 16.5. The normalized spacial score (nSPS) is 20.2. The number of carbonyl (C=O) groups is 1. The highest BCUT2D eigenvalue weighted by Gasteiger charge is 2.26. The Bertz CT molecular complexity index is 836. The number of rotatable bonds is 8. The van der Waals surface area contributed by atoms with Gasteiger partial charge in [0.15, 0.2) is 0 Å². The first-order valence-corrected chi connectivity index (χ1v) is 10.6. The Balaban J connectivity index is 1.32. The van der Waals surface area contributed by atoms with E-state index in [1.54, 1.807) is 13.1 Å². The van der Waals surface area contributed by atoms with E-state index in [-0.39, 0.29) is 23.9 Å². The molecule has 154 valence electrons. The minimum atomic E-state index is 0.126. The standard InChI is InChI=1S/C23H29N3O3/c1-16(14-17(2)27)18-6-8-20(9-7-18)28-21-11-13-26(15-21)22-10-12-24-23(25-22)29-19-4-3-5-19/h6-10,12,16,19,21H,3-5,11,13-15H2,1-2H3/t16-,21-/m1/s1. The Morgan fingerprint density at radius 3 is 2.62 bits per heavy atom. The number of anilines is 1. The van der Waals surface area contributed by atoms with Gasteiger partial charge in [0.2, 0.25) is 0 Å². The molecule has 2 aliphatic rings. The number of aromatic nitrogens is 2. The third-order valence-corrected chi connectivity index (χ3v) is 5.76. The van der Waals surface area contributed by atoms with Crippen LogP contribution in [-0.2, 0) is 4.79 Å². The van der Waals surface area contributed by atoms with Gasteiger partial charge >= 0.3 is 6.01 Å². The Morgan fingerprint density at radius 1 is 1.14 bits per heavy atom. The van der Waals surface area contributed by atoms with Crippen LogP contribution in [0.1, 0.15) is 57.4 Å². The lowest BCUT2D eigenvalue weighted by Gasteiger charge is -2.25. The summed E-state index contributed by atoms with van der Waals surface area (Å²) in [6, 6.07) is 10.5. The summed E-state index contributed by atoms with van der Waals surface area (Å²) in [6.07, 6.45) is 7.12. The maximum Gasteiger partial charge on any atom is 0.318 e. The number of carbonyl (C=O) groups excluding carboxylic acids is 1. The van der Waals surface area contributed by atoms with E-state index in [9.17, 15) is 4.79 Å². The summed E-state index contributed by atoms with van der Waals surface area (Å²) in [6.45, 7) is 5.41. The van der Waals surface area contributed by atoms with E-state index >= 15 is 0 Å². The van der Waals surface area contributed by atoms with Gasteiger partial charge in [0.1, 0.15) is 29.6 Å². The quantitative estimate of drug-likeness (QED) is 0.669. The largest absolute Gasteiger partial charge is 0.489 e. The maximum atomic E-state index is 11.3. The van der Waals surface area contributed by atoms with Crippen molar-refractivity contribution in [2.75, 3.05) is 18.0 Å². The molecular formula is C23H29N3O3. The summed E-state index contributed by atoms with van der Waals surface area (Å²) in [4.78, 5) is 22.4. The molecule has 0 unspecified atom stereocenters. The monoisotopic (exact) mass is 395 g/mol. The van der Waals surface area contributed by atoms with Gasteiger partial charge in [0.25, 0.3) is 0 Å². The number of hydrogen-bond donors (Lipinski definition) is 0. The van der Waals surface area contributed by atoms with Crippen LogP contribution in [0.2, 0.25) is 0 Å². The Hall–Kier alpha value is -2.63. The smallest absolute Gasteiger partial charge is 0.318 e. The Labute approximate surface area is 172 Å². The molecule has 6 heteroatoms. The van der Waals surface area contributed by atoms with Crippen LogP contribution in [0.4, 0.5) is 5.82 Å². The van der Waals surface area contributed by atoms with Crippen LogP contribution in [-0.4, -0.2) is 41.0 Å². The molecule has 1 aliphatic carbocycles. The van der Waals surface area contributed by atoms with Crippen molar-refractivity contribution >= 4 is 11.6 Å². The second-order valence-corrected chi connectivity index (χ2v) is 8.22. The van der Waals surface area contributed by atoms with Gasteiger partial charge in [0, 0.05) is 25.6 Å². The molecule has 2 atom stereocenters. The summed E-state index contributed by atoms with van der Waals surface area (Å²) in [5.74, 6) is 2.22. The molecule has 1 saturated heterocycles. The fourth-order valence-electron chi connectivity index (χ4n) is 3.85. The van der Waals surface area contributed by atoms with Crippen molar-refractivity contribution in [3.05, 3.63) is 42.1 Å². The molecular weight excluding hydrogens is 366 g/mol. The molecule has 2 fully saturated rings. The first-order chi connectivity index (χ1) is 14.1. The Kier molecular flexibility index (Phi) is 5.97. The van der Waals surface area contributed by atoms with E-state index in [0.717, 1.165) is 43.9 Å². The third kappa shape index (κ3) is 5.05. The van der Waals surface area contributed by atoms with Crippen molar-refractivity contribution in [3.63, 3.8) is 0 Å². The summed E-state index contributed by atoms with van der Waals surface area (Å²) in [7, 11) is 0. The SMILES string of the molecule is CC(=O)C[C@@H](C)c1ccc(O[C@@H]2CCN(c3ccnc(OC4CCC4)n3)C2)cc1. The van der Waals surface area contributed by atoms with E-state index in [1.165, 1.54) is 12.0 Å². The fraction of sp³-hybridized carbons (Fsp3) is 0.522. The van der Waals surface area contributed by atoms with Gasteiger partial charge in [-0.3, -0.25) is 0 Å². The van der Waals surface area contributed by atoms with E-state index in [0.29, 0.717) is 12.4 Å². The molecule has 1 aliphatic heterocycles. The number of Topliss-reactive ketones (excluding diaryl/α,β-unsaturated/α-hetero) is 1. The lowest BCUT2D eigenvalue weighted by molar-refractivity contribution is -0.117. The molecule has 2 aromatic rings. The van der Waals surface area contributed by atoms with Gasteiger partial charge < -0.3 is 19.2 Å². The second-order valence-electron chi connectivity index (χ2n) is 8.22. The van der Waals surface area contributed by atoms with Crippen LogP contribution < -0.4 is 14.4 Å². The highest BCUT2D eigenvalue weighted by Crippen LogP contribution is 2.27. The molecule has 29 heavy (non-hydrogen) atoms. The summed E-state index contributed by atoms with van der Waals surface area (Å²) < 4.78 is 12.0. The van der Waals surface area contributed by atoms with Crippen molar-refractivity contribution in [1.29, 1.82) is 0 Å². The number of ether oxygens (including phenoxy) is 2. The molecule has 6 nitrogen and oxygen atoms in total. The average molecular weight is 396 g/mol. The first-order valence-electron chi connectivity index (χ1n) is 10.6. The van der Waals surface area contributed by atoms with Crippen LogP contribution in [0.15, 0.2) is 36.5 Å². The molecule has 0 amide bonds. The van der Waals surface area contributed by atoms with Gasteiger partial charge in [-0.1, -0.05) is 19.1 Å². The van der Waals surface area contributed by atoms with Crippen LogP contribution in [0.25, 0.3) is 0 Å². The molecule has 1 saturated carbocycles. The first kappa shape index (κ1) is 19.7. The highest BCUT2D eigenvalue weighted by molar-refractivity contribution is 5.76. The molecule has 1 aromatic heterocycles. The van der Waals surface area contributed by atoms with Crippen molar-refractivity contribution in [1.82, 2.24) is 9.97 Å². The summed E-state index contributed by atoms with van der Waals surface area (Å²) in [5.41, 5.74) is 1.17. The van der Waals surface area contributed by atoms with E-state index in [2.05, 4.69) is 33.9 Å². The van der Waals surface area contributed by atoms with Gasteiger partial charge in [-0.15, -0.1) is 0 Å². The lowest BCUT2D eigenvalue weighted by atomic mass is 9.96. The molecule has 0 radical (unpaired) electrons. The van der Waals surface area contributed by atoms with Crippen LogP contribution in [0.5, 0.6) is 11.8 Å². The zero-order chi connectivity index (χ0) is 20.2. The van der Waals surface area contributed by atoms with Gasteiger partial charge in [-0.05, 0) is 55.9 Å². The van der Waals surface area contributed by atoms with Gasteiger partial charge in [0.05, 0.1) is 6.54 Å². The van der Waals surface area contributed by atoms with Crippen LogP contribution in [0, 0.1) is 0 Å². The molecule has 4 rings (SSSR count).